The van der Waals surface area contributed by atoms with E-state index < -0.39 is 29.7 Å². The number of unbranched alkanes of at least 4 members (excludes halogenated alkanes) is 1. The average molecular weight is 328 g/mol. The normalized spacial score (nSPS) is 20.2. The number of hydrogen-bond donors (Lipinski definition) is 1. The molecule has 2 aliphatic rings. The van der Waals surface area contributed by atoms with Crippen molar-refractivity contribution in [1.29, 1.82) is 0 Å². The molecule has 1 aromatic rings. The summed E-state index contributed by atoms with van der Waals surface area (Å²) < 4.78 is 0. The third-order valence-corrected chi connectivity index (χ3v) is 4.32. The van der Waals surface area contributed by atoms with E-state index in [9.17, 15) is 24.0 Å². The highest BCUT2D eigenvalue weighted by molar-refractivity contribution is 6.24. The van der Waals surface area contributed by atoms with E-state index in [1.54, 1.807) is 18.2 Å². The molecular formula is C17H16N2O5. The zero-order valence-corrected chi connectivity index (χ0v) is 12.9. The van der Waals surface area contributed by atoms with Crippen LogP contribution in [0.25, 0.3) is 0 Å². The van der Waals surface area contributed by atoms with Crippen LogP contribution >= 0.6 is 0 Å². The summed E-state index contributed by atoms with van der Waals surface area (Å²) in [6.07, 6.45) is 2.51. The van der Waals surface area contributed by atoms with Gasteiger partial charge < -0.3 is 4.79 Å². The van der Waals surface area contributed by atoms with Gasteiger partial charge in [0.25, 0.3) is 11.8 Å². The lowest BCUT2D eigenvalue weighted by Gasteiger charge is -2.27. The van der Waals surface area contributed by atoms with Crippen molar-refractivity contribution in [1.82, 2.24) is 10.2 Å². The van der Waals surface area contributed by atoms with Gasteiger partial charge in [0.2, 0.25) is 11.8 Å². The fourth-order valence-corrected chi connectivity index (χ4v) is 3.17. The lowest BCUT2D eigenvalue weighted by atomic mass is 9.98. The Morgan fingerprint density at radius 3 is 2.67 bits per heavy atom. The molecule has 2 heterocycles. The quantitative estimate of drug-likeness (QED) is 0.485. The molecule has 7 nitrogen and oxygen atoms in total. The standard InChI is InChI=1S/C17H16N2O5/c20-9-2-1-4-10-5-3-6-11-14(10)17(24)19(16(11)23)12-7-8-13(21)18-15(12)22/h3,5-6,9,12H,1-2,4,7-8H2,(H,18,21,22). The van der Waals surface area contributed by atoms with Crippen molar-refractivity contribution in [2.75, 3.05) is 0 Å². The summed E-state index contributed by atoms with van der Waals surface area (Å²) in [5, 5.41) is 2.17. The SMILES string of the molecule is O=CCCCc1cccc2c1C(=O)N(C1CCC(=O)NC1=O)C2=O. The molecule has 0 aliphatic carbocycles. The number of rotatable bonds is 5. The van der Waals surface area contributed by atoms with E-state index in [0.29, 0.717) is 30.4 Å². The van der Waals surface area contributed by atoms with Crippen LogP contribution in [0.3, 0.4) is 0 Å². The molecule has 1 atom stereocenters. The van der Waals surface area contributed by atoms with Gasteiger partial charge in [0.05, 0.1) is 11.1 Å². The number of nitrogens with zero attached hydrogens (tertiary/aromatic N) is 1. The Bertz CT molecular complexity index is 755. The third kappa shape index (κ3) is 2.62. The predicted octanol–water partition coefficient (Wildman–Crippen LogP) is 0.609. The van der Waals surface area contributed by atoms with E-state index in [0.717, 1.165) is 11.2 Å². The molecule has 4 amide bonds. The van der Waals surface area contributed by atoms with Crippen molar-refractivity contribution in [3.05, 3.63) is 34.9 Å². The third-order valence-electron chi connectivity index (χ3n) is 4.32. The van der Waals surface area contributed by atoms with Crippen LogP contribution in [0.2, 0.25) is 0 Å². The Morgan fingerprint density at radius 1 is 1.17 bits per heavy atom. The summed E-state index contributed by atoms with van der Waals surface area (Å²) in [7, 11) is 0. The highest BCUT2D eigenvalue weighted by atomic mass is 16.2. The van der Waals surface area contributed by atoms with Crippen molar-refractivity contribution in [2.45, 2.75) is 38.1 Å². The second-order valence-electron chi connectivity index (χ2n) is 5.85. The number of aryl methyl sites for hydroxylation is 1. The van der Waals surface area contributed by atoms with Crippen LogP contribution in [0.4, 0.5) is 0 Å². The minimum atomic E-state index is -0.960. The molecule has 0 spiro atoms. The Balaban J connectivity index is 1.91. The van der Waals surface area contributed by atoms with Crippen LogP contribution in [-0.4, -0.2) is 40.9 Å². The van der Waals surface area contributed by atoms with E-state index in [1.165, 1.54) is 0 Å². The molecule has 24 heavy (non-hydrogen) atoms. The highest BCUT2D eigenvalue weighted by Crippen LogP contribution is 2.30. The minimum absolute atomic E-state index is 0.0933. The lowest BCUT2D eigenvalue weighted by molar-refractivity contribution is -0.136. The zero-order valence-electron chi connectivity index (χ0n) is 12.9. The first-order valence-electron chi connectivity index (χ1n) is 7.81. The Labute approximate surface area is 138 Å². The van der Waals surface area contributed by atoms with E-state index in [1.807, 2.05) is 0 Å². The Hall–Kier alpha value is -2.83. The Kier molecular flexibility index (Phi) is 4.24. The van der Waals surface area contributed by atoms with E-state index in [-0.39, 0.29) is 18.4 Å². The lowest BCUT2D eigenvalue weighted by Crippen LogP contribution is -2.54. The van der Waals surface area contributed by atoms with Gasteiger partial charge in [-0.1, -0.05) is 12.1 Å². The zero-order chi connectivity index (χ0) is 17.3. The van der Waals surface area contributed by atoms with Crippen LogP contribution in [-0.2, 0) is 20.8 Å². The maximum absolute atomic E-state index is 12.8. The van der Waals surface area contributed by atoms with E-state index in [2.05, 4.69) is 5.32 Å². The van der Waals surface area contributed by atoms with Gasteiger partial charge in [0.15, 0.2) is 0 Å². The van der Waals surface area contributed by atoms with Gasteiger partial charge in [0.1, 0.15) is 12.3 Å². The molecule has 0 aromatic heterocycles. The molecule has 1 fully saturated rings. The molecule has 7 heteroatoms. The van der Waals surface area contributed by atoms with Gasteiger partial charge in [-0.2, -0.15) is 0 Å². The minimum Gasteiger partial charge on any atom is -0.303 e. The predicted molar refractivity (Wildman–Crippen MR) is 82.1 cm³/mol. The van der Waals surface area contributed by atoms with E-state index >= 15 is 0 Å². The fraction of sp³-hybridized carbons (Fsp3) is 0.353. The molecular weight excluding hydrogens is 312 g/mol. The molecule has 0 radical (unpaired) electrons. The second-order valence-corrected chi connectivity index (χ2v) is 5.85. The van der Waals surface area contributed by atoms with Gasteiger partial charge in [-0.05, 0) is 30.9 Å². The maximum atomic E-state index is 12.8. The summed E-state index contributed by atoms with van der Waals surface area (Å²) in [5.41, 5.74) is 1.27. The monoisotopic (exact) mass is 328 g/mol. The molecule has 2 aliphatic heterocycles. The summed E-state index contributed by atoms with van der Waals surface area (Å²) in [5.74, 6) is -2.04. The van der Waals surface area contributed by atoms with Crippen molar-refractivity contribution in [2.24, 2.45) is 0 Å². The number of aldehydes is 1. The van der Waals surface area contributed by atoms with Crippen LogP contribution < -0.4 is 5.32 Å². The van der Waals surface area contributed by atoms with Crippen molar-refractivity contribution in [3.63, 3.8) is 0 Å². The van der Waals surface area contributed by atoms with Crippen LogP contribution in [0.15, 0.2) is 18.2 Å². The number of hydrogen-bond acceptors (Lipinski definition) is 5. The van der Waals surface area contributed by atoms with Gasteiger partial charge in [-0.25, -0.2) is 0 Å². The largest absolute Gasteiger partial charge is 0.303 e. The van der Waals surface area contributed by atoms with Crippen molar-refractivity contribution < 1.29 is 24.0 Å². The number of nitrogens with one attached hydrogen (secondary N) is 1. The number of carbonyl (C=O) groups is 5. The molecule has 0 saturated carbocycles. The molecule has 3 rings (SSSR count). The highest BCUT2D eigenvalue weighted by Gasteiger charge is 2.45. The first-order valence-corrected chi connectivity index (χ1v) is 7.81. The molecule has 1 saturated heterocycles. The molecule has 1 N–H and O–H groups in total. The first-order chi connectivity index (χ1) is 11.5. The van der Waals surface area contributed by atoms with Crippen LogP contribution in [0.1, 0.15) is 52.0 Å². The average Bonchev–Trinajstić information content (AvgIpc) is 2.81. The molecule has 1 unspecified atom stereocenters. The van der Waals surface area contributed by atoms with Crippen molar-refractivity contribution >= 4 is 29.9 Å². The first kappa shape index (κ1) is 16.0. The number of piperidine rings is 1. The molecule has 124 valence electrons. The summed E-state index contributed by atoms with van der Waals surface area (Å²) in [6.45, 7) is 0. The second kappa shape index (κ2) is 6.35. The maximum Gasteiger partial charge on any atom is 0.262 e. The molecule has 0 bridgehead atoms. The van der Waals surface area contributed by atoms with Gasteiger partial charge in [0, 0.05) is 12.8 Å². The number of carbonyl (C=O) groups excluding carboxylic acids is 5. The Morgan fingerprint density at radius 2 is 1.96 bits per heavy atom. The van der Waals surface area contributed by atoms with Crippen molar-refractivity contribution in [3.8, 4) is 0 Å². The molecule has 1 aromatic carbocycles. The topological polar surface area (TPSA) is 101 Å². The van der Waals surface area contributed by atoms with E-state index in [4.69, 9.17) is 0 Å². The number of amides is 4. The van der Waals surface area contributed by atoms with Gasteiger partial charge >= 0.3 is 0 Å². The van der Waals surface area contributed by atoms with Gasteiger partial charge in [-0.3, -0.25) is 29.4 Å². The summed E-state index contributed by atoms with van der Waals surface area (Å²) in [4.78, 5) is 60.1. The van der Waals surface area contributed by atoms with Crippen LogP contribution in [0.5, 0.6) is 0 Å². The smallest absolute Gasteiger partial charge is 0.262 e. The number of fused-ring (bicyclic) bond motifs is 1. The summed E-state index contributed by atoms with van der Waals surface area (Å²) >= 11 is 0. The fourth-order valence-electron chi connectivity index (χ4n) is 3.17. The number of imide groups is 2. The summed E-state index contributed by atoms with van der Waals surface area (Å²) in [6, 6.07) is 4.04. The van der Waals surface area contributed by atoms with Gasteiger partial charge in [-0.15, -0.1) is 0 Å². The number of benzene rings is 1. The van der Waals surface area contributed by atoms with Crippen LogP contribution in [0, 0.1) is 0 Å².